The maximum absolute atomic E-state index is 12.7. The number of allylic oxidation sites excluding steroid dienone is 1. The van der Waals surface area contributed by atoms with Crippen LogP contribution in [0.1, 0.15) is 69.8 Å². The second-order valence-electron chi connectivity index (χ2n) is 11.5. The van der Waals surface area contributed by atoms with Crippen LogP contribution >= 0.6 is 0 Å². The standard InChI is InChI=1S/C31H44N6O7/c1-9-10-11-22-20(4)43-29(34-22)36-28-33-23-18-21(12-13-24(23)37(28)8)26(38)32-14-15-41-16-17-42-27(39)25(19(2)3)35-30(40)44-31(5,6)7/h10-13,18-19,25H,9,14-17H2,1-8H3,(H,32,38)(H,35,40)(H,33,34,36)/b11-10-. The number of oxazole rings is 1. The highest BCUT2D eigenvalue weighted by Crippen LogP contribution is 2.24. The number of rotatable bonds is 14. The van der Waals surface area contributed by atoms with Crippen LogP contribution in [0.15, 0.2) is 28.7 Å². The van der Waals surface area contributed by atoms with Crippen LogP contribution in [0, 0.1) is 12.8 Å². The molecule has 240 valence electrons. The van der Waals surface area contributed by atoms with Crippen molar-refractivity contribution in [3.63, 3.8) is 0 Å². The number of carbonyl (C=O) groups is 3. The van der Waals surface area contributed by atoms with Crippen LogP contribution in [-0.4, -0.2) is 70.5 Å². The number of carbonyl (C=O) groups excluding carboxylic acids is 3. The molecule has 0 saturated carbocycles. The number of aryl methyl sites for hydroxylation is 2. The van der Waals surface area contributed by atoms with Gasteiger partial charge in [-0.15, -0.1) is 0 Å². The van der Waals surface area contributed by atoms with E-state index in [1.165, 1.54) is 0 Å². The van der Waals surface area contributed by atoms with Gasteiger partial charge in [-0.3, -0.25) is 10.1 Å². The molecule has 3 N–H and O–H groups in total. The van der Waals surface area contributed by atoms with Gasteiger partial charge in [0.25, 0.3) is 5.91 Å². The summed E-state index contributed by atoms with van der Waals surface area (Å²) in [6, 6.07) is 4.75. The molecule has 0 aliphatic carbocycles. The van der Waals surface area contributed by atoms with Crippen LogP contribution in [-0.2, 0) is 26.1 Å². The lowest BCUT2D eigenvalue weighted by Gasteiger charge is -2.24. The molecule has 0 fully saturated rings. The zero-order chi connectivity index (χ0) is 32.4. The first kappa shape index (κ1) is 34.1. The number of fused-ring (bicyclic) bond motifs is 1. The SMILES string of the molecule is CC/C=C\c1nc(Nc2nc3cc(C(=O)NCCOCCOC(=O)C(NC(=O)OC(C)(C)C)C(C)C)ccc3n2C)oc1C. The van der Waals surface area contributed by atoms with Gasteiger partial charge in [-0.1, -0.05) is 26.8 Å². The molecular formula is C31H44N6O7. The van der Waals surface area contributed by atoms with Crippen LogP contribution in [0.4, 0.5) is 16.8 Å². The topological polar surface area (TPSA) is 159 Å². The van der Waals surface area contributed by atoms with Gasteiger partial charge in [0.1, 0.15) is 29.7 Å². The van der Waals surface area contributed by atoms with E-state index in [-0.39, 0.29) is 38.2 Å². The summed E-state index contributed by atoms with van der Waals surface area (Å²) in [6.07, 6.45) is 4.14. The Kier molecular flexibility index (Phi) is 11.9. The van der Waals surface area contributed by atoms with Crippen molar-refractivity contribution in [3.8, 4) is 0 Å². The van der Waals surface area contributed by atoms with E-state index < -0.39 is 23.7 Å². The minimum absolute atomic E-state index is 0.00254. The highest BCUT2D eigenvalue weighted by Gasteiger charge is 2.28. The second kappa shape index (κ2) is 15.4. The molecule has 1 unspecified atom stereocenters. The highest BCUT2D eigenvalue weighted by molar-refractivity contribution is 5.97. The van der Waals surface area contributed by atoms with E-state index in [2.05, 4.69) is 32.8 Å². The highest BCUT2D eigenvalue weighted by atomic mass is 16.6. The summed E-state index contributed by atoms with van der Waals surface area (Å²) in [5.41, 5.74) is 1.99. The number of hydrogen-bond donors (Lipinski definition) is 3. The molecular weight excluding hydrogens is 568 g/mol. The first-order valence-electron chi connectivity index (χ1n) is 14.7. The second-order valence-corrected chi connectivity index (χ2v) is 11.5. The third kappa shape index (κ3) is 9.83. The molecule has 2 aromatic heterocycles. The van der Waals surface area contributed by atoms with Crippen molar-refractivity contribution < 1.29 is 33.0 Å². The van der Waals surface area contributed by atoms with Gasteiger partial charge in [-0.2, -0.15) is 4.98 Å². The van der Waals surface area contributed by atoms with Crippen LogP contribution in [0.25, 0.3) is 17.1 Å². The summed E-state index contributed by atoms with van der Waals surface area (Å²) in [6.45, 7) is 13.3. The zero-order valence-electron chi connectivity index (χ0n) is 26.8. The van der Waals surface area contributed by atoms with E-state index in [9.17, 15) is 14.4 Å². The molecule has 3 rings (SSSR count). The van der Waals surface area contributed by atoms with Gasteiger partial charge in [0.05, 0.1) is 24.2 Å². The molecule has 3 aromatic rings. The molecule has 2 heterocycles. The number of aromatic nitrogens is 3. The van der Waals surface area contributed by atoms with Gasteiger partial charge >= 0.3 is 18.1 Å². The number of anilines is 2. The number of ether oxygens (including phenoxy) is 3. The van der Waals surface area contributed by atoms with E-state index in [1.807, 2.05) is 36.8 Å². The summed E-state index contributed by atoms with van der Waals surface area (Å²) in [4.78, 5) is 46.3. The average Bonchev–Trinajstić information content (AvgIpc) is 3.45. The molecule has 0 aliphatic heterocycles. The van der Waals surface area contributed by atoms with Crippen molar-refractivity contribution in [1.29, 1.82) is 0 Å². The Labute approximate surface area is 257 Å². The molecule has 0 bridgehead atoms. The Morgan fingerprint density at radius 2 is 1.86 bits per heavy atom. The van der Waals surface area contributed by atoms with Crippen molar-refractivity contribution in [2.24, 2.45) is 13.0 Å². The third-order valence-corrected chi connectivity index (χ3v) is 6.30. The van der Waals surface area contributed by atoms with Gasteiger partial charge < -0.3 is 33.8 Å². The first-order valence-corrected chi connectivity index (χ1v) is 14.7. The summed E-state index contributed by atoms with van der Waals surface area (Å²) in [5, 5.41) is 8.47. The van der Waals surface area contributed by atoms with E-state index in [4.69, 9.17) is 18.6 Å². The summed E-state index contributed by atoms with van der Waals surface area (Å²) >= 11 is 0. The van der Waals surface area contributed by atoms with Crippen LogP contribution in [0.2, 0.25) is 0 Å². The molecule has 13 heteroatoms. The quantitative estimate of drug-likeness (QED) is 0.169. The Hall–Kier alpha value is -4.39. The van der Waals surface area contributed by atoms with Crippen molar-refractivity contribution in [3.05, 3.63) is 41.3 Å². The van der Waals surface area contributed by atoms with Crippen LogP contribution in [0.3, 0.4) is 0 Å². The van der Waals surface area contributed by atoms with Crippen LogP contribution in [0.5, 0.6) is 0 Å². The largest absolute Gasteiger partial charge is 0.462 e. The fourth-order valence-electron chi connectivity index (χ4n) is 4.06. The lowest BCUT2D eigenvalue weighted by Crippen LogP contribution is -2.47. The Morgan fingerprint density at radius 3 is 2.55 bits per heavy atom. The maximum Gasteiger partial charge on any atom is 0.408 e. The van der Waals surface area contributed by atoms with E-state index in [0.717, 1.165) is 17.6 Å². The number of esters is 1. The molecule has 13 nitrogen and oxygen atoms in total. The van der Waals surface area contributed by atoms with E-state index in [1.54, 1.807) is 46.8 Å². The van der Waals surface area contributed by atoms with E-state index >= 15 is 0 Å². The smallest absolute Gasteiger partial charge is 0.408 e. The first-order chi connectivity index (χ1) is 20.8. The van der Waals surface area contributed by atoms with Crippen molar-refractivity contribution >= 4 is 47.0 Å². The van der Waals surface area contributed by atoms with Crippen molar-refractivity contribution in [1.82, 2.24) is 25.2 Å². The van der Waals surface area contributed by atoms with Crippen LogP contribution < -0.4 is 16.0 Å². The fraction of sp³-hybridized carbons (Fsp3) is 0.516. The average molecular weight is 613 g/mol. The van der Waals surface area contributed by atoms with Crippen molar-refractivity contribution in [2.75, 3.05) is 31.7 Å². The fourth-order valence-corrected chi connectivity index (χ4v) is 4.06. The number of hydrogen-bond acceptors (Lipinski definition) is 10. The molecule has 0 radical (unpaired) electrons. The molecule has 1 aromatic carbocycles. The van der Waals surface area contributed by atoms with Gasteiger partial charge in [-0.05, 0) is 64.3 Å². The molecule has 0 saturated heterocycles. The molecule has 1 atom stereocenters. The van der Waals surface area contributed by atoms with Gasteiger partial charge in [0.2, 0.25) is 5.95 Å². The third-order valence-electron chi connectivity index (χ3n) is 6.30. The predicted molar refractivity (Wildman–Crippen MR) is 167 cm³/mol. The number of nitrogens with one attached hydrogen (secondary N) is 3. The minimum Gasteiger partial charge on any atom is -0.462 e. The van der Waals surface area contributed by atoms with Crippen molar-refractivity contribution in [2.45, 2.75) is 66.5 Å². The molecule has 44 heavy (non-hydrogen) atoms. The Balaban J connectivity index is 1.44. The normalized spacial score (nSPS) is 12.5. The summed E-state index contributed by atoms with van der Waals surface area (Å²) in [7, 11) is 1.86. The Bertz CT molecular complexity index is 1470. The number of imidazole rings is 1. The predicted octanol–water partition coefficient (Wildman–Crippen LogP) is 4.88. The number of benzene rings is 1. The number of alkyl carbamates (subject to hydrolysis) is 1. The number of amides is 2. The monoisotopic (exact) mass is 612 g/mol. The van der Waals surface area contributed by atoms with Gasteiger partial charge in [0, 0.05) is 19.2 Å². The molecule has 2 amide bonds. The lowest BCUT2D eigenvalue weighted by atomic mass is 10.1. The van der Waals surface area contributed by atoms with E-state index in [0.29, 0.717) is 28.8 Å². The van der Waals surface area contributed by atoms with Gasteiger partial charge in [0.15, 0.2) is 0 Å². The Morgan fingerprint density at radius 1 is 1.11 bits per heavy atom. The maximum atomic E-state index is 12.7. The summed E-state index contributed by atoms with van der Waals surface area (Å²) < 4.78 is 23.5. The molecule has 0 spiro atoms. The lowest BCUT2D eigenvalue weighted by molar-refractivity contribution is -0.148. The number of nitrogens with zero attached hydrogens (tertiary/aromatic N) is 3. The summed E-state index contributed by atoms with van der Waals surface area (Å²) in [5.74, 6) is 0.186. The van der Waals surface area contributed by atoms with Gasteiger partial charge in [-0.25, -0.2) is 14.6 Å². The zero-order valence-corrected chi connectivity index (χ0v) is 26.8. The minimum atomic E-state index is -0.848. The molecule has 0 aliphatic rings.